The summed E-state index contributed by atoms with van der Waals surface area (Å²) in [7, 11) is 0. The van der Waals surface area contributed by atoms with Gasteiger partial charge in [-0.1, -0.05) is 18.2 Å². The lowest BCUT2D eigenvalue weighted by atomic mass is 9.60. The minimum absolute atomic E-state index is 0.0114. The van der Waals surface area contributed by atoms with Crippen LogP contribution in [0.5, 0.6) is 5.75 Å². The number of carbonyl (C=O) groups excluding carboxylic acids is 1. The van der Waals surface area contributed by atoms with E-state index in [1.54, 1.807) is 0 Å². The lowest BCUT2D eigenvalue weighted by Gasteiger charge is -2.50. The molecule has 1 saturated carbocycles. The zero-order valence-electron chi connectivity index (χ0n) is 11.7. The minimum Gasteiger partial charge on any atom is -0.484 e. The predicted octanol–water partition coefficient (Wildman–Crippen LogP) is 1.71. The van der Waals surface area contributed by atoms with Gasteiger partial charge in [0.15, 0.2) is 6.61 Å². The van der Waals surface area contributed by atoms with E-state index in [2.05, 4.69) is 10.6 Å². The molecule has 2 fully saturated rings. The Kier molecular flexibility index (Phi) is 3.92. The summed E-state index contributed by atoms with van der Waals surface area (Å²) in [5.74, 6) is 0.730. The van der Waals surface area contributed by atoms with Crippen LogP contribution in [0.25, 0.3) is 0 Å². The van der Waals surface area contributed by atoms with E-state index in [1.165, 1.54) is 12.8 Å². The van der Waals surface area contributed by atoms with Gasteiger partial charge in [0.2, 0.25) is 0 Å². The average molecular weight is 274 g/mol. The standard InChI is InChI=1S/C16H22N2O2/c19-15(12-20-14-4-2-1-3-5-14)18-13-10-16(11-13)6-8-17-9-7-16/h1-5,13,17H,6-12H2,(H,18,19). The topological polar surface area (TPSA) is 50.4 Å². The van der Waals surface area contributed by atoms with Gasteiger partial charge < -0.3 is 15.4 Å². The third-order valence-corrected chi connectivity index (χ3v) is 4.50. The summed E-state index contributed by atoms with van der Waals surface area (Å²) < 4.78 is 5.45. The molecule has 20 heavy (non-hydrogen) atoms. The van der Waals surface area contributed by atoms with E-state index in [-0.39, 0.29) is 12.5 Å². The molecule has 1 aromatic rings. The lowest BCUT2D eigenvalue weighted by molar-refractivity contribution is -0.125. The summed E-state index contributed by atoms with van der Waals surface area (Å²) in [5, 5.41) is 6.47. The molecule has 0 unspecified atom stereocenters. The largest absolute Gasteiger partial charge is 0.484 e. The summed E-state index contributed by atoms with van der Waals surface area (Å²) >= 11 is 0. The average Bonchev–Trinajstić information content (AvgIpc) is 2.46. The van der Waals surface area contributed by atoms with E-state index in [0.717, 1.165) is 31.7 Å². The molecule has 1 saturated heterocycles. The fourth-order valence-electron chi connectivity index (χ4n) is 3.39. The molecule has 1 aliphatic carbocycles. The fourth-order valence-corrected chi connectivity index (χ4v) is 3.39. The van der Waals surface area contributed by atoms with Crippen LogP contribution in [0.15, 0.2) is 30.3 Å². The Morgan fingerprint density at radius 2 is 1.95 bits per heavy atom. The van der Waals surface area contributed by atoms with Crippen molar-refractivity contribution in [3.8, 4) is 5.75 Å². The maximum atomic E-state index is 11.8. The molecule has 4 nitrogen and oxygen atoms in total. The number of hydrogen-bond donors (Lipinski definition) is 2. The number of hydrogen-bond acceptors (Lipinski definition) is 3. The Balaban J connectivity index is 1.38. The van der Waals surface area contributed by atoms with Crippen molar-refractivity contribution in [2.75, 3.05) is 19.7 Å². The maximum Gasteiger partial charge on any atom is 0.258 e. The van der Waals surface area contributed by atoms with Crippen molar-refractivity contribution in [3.05, 3.63) is 30.3 Å². The van der Waals surface area contributed by atoms with E-state index in [4.69, 9.17) is 4.74 Å². The van der Waals surface area contributed by atoms with Crippen molar-refractivity contribution in [2.24, 2.45) is 5.41 Å². The highest BCUT2D eigenvalue weighted by atomic mass is 16.5. The first kappa shape index (κ1) is 13.4. The number of nitrogens with one attached hydrogen (secondary N) is 2. The first-order valence-electron chi connectivity index (χ1n) is 7.44. The summed E-state index contributed by atoms with van der Waals surface area (Å²) in [5.41, 5.74) is 0.503. The number of para-hydroxylation sites is 1. The highest BCUT2D eigenvalue weighted by Crippen LogP contribution is 2.47. The van der Waals surface area contributed by atoms with E-state index >= 15 is 0 Å². The molecule has 3 rings (SSSR count). The molecule has 1 heterocycles. The Morgan fingerprint density at radius 1 is 1.25 bits per heavy atom. The molecule has 1 spiro atoms. The second-order valence-electron chi connectivity index (χ2n) is 6.02. The summed E-state index contributed by atoms with van der Waals surface area (Å²) in [6.07, 6.45) is 4.76. The molecule has 4 heteroatoms. The number of benzene rings is 1. The van der Waals surface area contributed by atoms with Crippen molar-refractivity contribution in [3.63, 3.8) is 0 Å². The van der Waals surface area contributed by atoms with Crippen LogP contribution in [0.1, 0.15) is 25.7 Å². The van der Waals surface area contributed by atoms with Gasteiger partial charge in [0.05, 0.1) is 0 Å². The van der Waals surface area contributed by atoms with Crippen molar-refractivity contribution in [1.29, 1.82) is 0 Å². The second kappa shape index (κ2) is 5.83. The predicted molar refractivity (Wildman–Crippen MR) is 77.6 cm³/mol. The summed E-state index contributed by atoms with van der Waals surface area (Å²) in [6, 6.07) is 9.81. The summed E-state index contributed by atoms with van der Waals surface area (Å²) in [6.45, 7) is 2.35. The number of carbonyl (C=O) groups is 1. The van der Waals surface area contributed by atoms with Crippen LogP contribution in [0.2, 0.25) is 0 Å². The third kappa shape index (κ3) is 3.12. The van der Waals surface area contributed by atoms with Crippen molar-refractivity contribution in [2.45, 2.75) is 31.7 Å². The second-order valence-corrected chi connectivity index (χ2v) is 6.02. The van der Waals surface area contributed by atoms with E-state index < -0.39 is 0 Å². The number of ether oxygens (including phenoxy) is 1. The molecule has 2 N–H and O–H groups in total. The Labute approximate surface area is 119 Å². The van der Waals surface area contributed by atoms with Crippen molar-refractivity contribution < 1.29 is 9.53 Å². The van der Waals surface area contributed by atoms with Gasteiger partial charge in [-0.05, 0) is 56.3 Å². The van der Waals surface area contributed by atoms with Gasteiger partial charge in [0.1, 0.15) is 5.75 Å². The SMILES string of the molecule is O=C(COc1ccccc1)NC1CC2(CCNCC2)C1. The van der Waals surface area contributed by atoms with Crippen LogP contribution in [-0.2, 0) is 4.79 Å². The molecule has 1 aliphatic heterocycles. The molecule has 0 radical (unpaired) electrons. The highest BCUT2D eigenvalue weighted by Gasteiger charge is 2.44. The Hall–Kier alpha value is -1.55. The summed E-state index contributed by atoms with van der Waals surface area (Å²) in [4.78, 5) is 11.8. The van der Waals surface area contributed by atoms with Gasteiger partial charge in [0.25, 0.3) is 5.91 Å². The van der Waals surface area contributed by atoms with Crippen molar-refractivity contribution in [1.82, 2.24) is 10.6 Å². The van der Waals surface area contributed by atoms with E-state index in [1.807, 2.05) is 30.3 Å². The molecule has 0 bridgehead atoms. The lowest BCUT2D eigenvalue weighted by Crippen LogP contribution is -2.54. The van der Waals surface area contributed by atoms with Crippen LogP contribution < -0.4 is 15.4 Å². The van der Waals surface area contributed by atoms with Crippen molar-refractivity contribution >= 4 is 5.91 Å². The Bertz CT molecular complexity index is 447. The molecule has 0 atom stereocenters. The smallest absolute Gasteiger partial charge is 0.258 e. The number of amides is 1. The molecule has 1 aromatic carbocycles. The molecule has 2 aliphatic rings. The monoisotopic (exact) mass is 274 g/mol. The van der Waals surface area contributed by atoms with Crippen LogP contribution in [-0.4, -0.2) is 31.6 Å². The minimum atomic E-state index is -0.0114. The van der Waals surface area contributed by atoms with Crippen LogP contribution in [0.4, 0.5) is 0 Å². The number of rotatable bonds is 4. The quantitative estimate of drug-likeness (QED) is 0.879. The molecular formula is C16H22N2O2. The van der Waals surface area contributed by atoms with Gasteiger partial charge in [-0.25, -0.2) is 0 Å². The molecule has 108 valence electrons. The zero-order valence-corrected chi connectivity index (χ0v) is 11.7. The normalized spacial score (nSPS) is 21.2. The van der Waals surface area contributed by atoms with Crippen LogP contribution in [0.3, 0.4) is 0 Å². The van der Waals surface area contributed by atoms with Crippen LogP contribution >= 0.6 is 0 Å². The number of piperidine rings is 1. The molecular weight excluding hydrogens is 252 g/mol. The van der Waals surface area contributed by atoms with Crippen LogP contribution in [0, 0.1) is 5.41 Å². The van der Waals surface area contributed by atoms with Gasteiger partial charge in [-0.2, -0.15) is 0 Å². The first-order chi connectivity index (χ1) is 9.76. The maximum absolute atomic E-state index is 11.8. The molecule has 1 amide bonds. The van der Waals surface area contributed by atoms with Gasteiger partial charge in [0, 0.05) is 6.04 Å². The van der Waals surface area contributed by atoms with E-state index in [9.17, 15) is 4.79 Å². The van der Waals surface area contributed by atoms with Gasteiger partial charge in [-0.15, -0.1) is 0 Å². The van der Waals surface area contributed by atoms with Gasteiger partial charge in [-0.3, -0.25) is 4.79 Å². The first-order valence-corrected chi connectivity index (χ1v) is 7.44. The highest BCUT2D eigenvalue weighted by molar-refractivity contribution is 5.78. The Morgan fingerprint density at radius 3 is 2.65 bits per heavy atom. The third-order valence-electron chi connectivity index (χ3n) is 4.50. The van der Waals surface area contributed by atoms with Gasteiger partial charge >= 0.3 is 0 Å². The van der Waals surface area contributed by atoms with E-state index in [0.29, 0.717) is 11.5 Å². The molecule has 0 aromatic heterocycles. The fraction of sp³-hybridized carbons (Fsp3) is 0.562. The zero-order chi connectivity index (χ0) is 13.8.